The fraction of sp³-hybridized carbons (Fsp3) is 0.650. The molecular weight excluding hydrogens is 443 g/mol. The molecule has 0 aliphatic carbocycles. The lowest BCUT2D eigenvalue weighted by Crippen LogP contribution is -2.45. The number of rotatable bonds is 3. The Kier molecular flexibility index (Phi) is 6.27. The smallest absolute Gasteiger partial charge is 0.405 e. The summed E-state index contributed by atoms with van der Waals surface area (Å²) in [7, 11) is -1.01. The quantitative estimate of drug-likeness (QED) is 0.492. The van der Waals surface area contributed by atoms with E-state index in [0.717, 1.165) is 17.0 Å². The number of hydrogen-bond acceptors (Lipinski definition) is 4. The van der Waals surface area contributed by atoms with Crippen LogP contribution in [0.1, 0.15) is 50.9 Å². The highest BCUT2D eigenvalue weighted by atomic mass is 19.4. The van der Waals surface area contributed by atoms with Gasteiger partial charge in [0.15, 0.2) is 0 Å². The van der Waals surface area contributed by atoms with Gasteiger partial charge in [0.2, 0.25) is 0 Å². The number of carbonyl (C=O) groups is 1. The number of hydrogen-bond donors (Lipinski definition) is 0. The Bertz CT molecular complexity index is 855. The number of alkyl halides is 6. The SMILES string of the molecule is CC1(C)OB(c2ccc(C(=O)N3CCCC(C(F)(F)F)C3)c(OC(F)(F)F)c2)OC1(C)C. The van der Waals surface area contributed by atoms with Crippen LogP contribution < -0.4 is 10.2 Å². The number of nitrogens with zero attached hydrogens (tertiary/aromatic N) is 1. The zero-order valence-corrected chi connectivity index (χ0v) is 18.1. The summed E-state index contributed by atoms with van der Waals surface area (Å²) in [5.41, 5.74) is -1.80. The first-order chi connectivity index (χ1) is 14.5. The molecule has 178 valence electrons. The first-order valence-corrected chi connectivity index (χ1v) is 10.1. The molecular formula is C20H24BF6NO4. The molecule has 12 heteroatoms. The van der Waals surface area contributed by atoms with E-state index in [-0.39, 0.29) is 24.8 Å². The second kappa shape index (κ2) is 8.12. The normalized spacial score (nSPS) is 23.4. The molecule has 2 aliphatic rings. The van der Waals surface area contributed by atoms with Gasteiger partial charge in [0, 0.05) is 13.1 Å². The Morgan fingerprint density at radius 2 is 1.69 bits per heavy atom. The van der Waals surface area contributed by atoms with Crippen LogP contribution in [0.4, 0.5) is 26.3 Å². The number of ether oxygens (including phenoxy) is 1. The molecule has 32 heavy (non-hydrogen) atoms. The van der Waals surface area contributed by atoms with Gasteiger partial charge < -0.3 is 18.9 Å². The summed E-state index contributed by atoms with van der Waals surface area (Å²) in [6.45, 7) is 6.47. The summed E-state index contributed by atoms with van der Waals surface area (Å²) >= 11 is 0. The molecule has 1 aromatic carbocycles. The molecule has 2 saturated heterocycles. The number of piperidine rings is 1. The molecule has 1 aromatic rings. The number of likely N-dealkylation sites (tertiary alicyclic amines) is 1. The predicted octanol–water partition coefficient (Wildman–Crippen LogP) is 4.30. The van der Waals surface area contributed by atoms with Crippen molar-refractivity contribution >= 4 is 18.5 Å². The highest BCUT2D eigenvalue weighted by Gasteiger charge is 2.52. The van der Waals surface area contributed by atoms with Gasteiger partial charge in [-0.25, -0.2) is 0 Å². The van der Waals surface area contributed by atoms with Crippen LogP contribution >= 0.6 is 0 Å². The molecule has 0 radical (unpaired) electrons. The third-order valence-corrected chi connectivity index (χ3v) is 6.16. The number of benzene rings is 1. The lowest BCUT2D eigenvalue weighted by molar-refractivity contribution is -0.274. The Morgan fingerprint density at radius 1 is 1.09 bits per heavy atom. The van der Waals surface area contributed by atoms with Crippen molar-refractivity contribution < 1.29 is 45.2 Å². The average Bonchev–Trinajstić information content (AvgIpc) is 2.86. The fourth-order valence-corrected chi connectivity index (χ4v) is 3.65. The average molecular weight is 467 g/mol. The van der Waals surface area contributed by atoms with Gasteiger partial charge in [0.1, 0.15) is 5.75 Å². The van der Waals surface area contributed by atoms with Gasteiger partial charge in [-0.05, 0) is 58.1 Å². The van der Waals surface area contributed by atoms with Crippen LogP contribution in [0.3, 0.4) is 0 Å². The van der Waals surface area contributed by atoms with E-state index in [1.54, 1.807) is 27.7 Å². The second-order valence-corrected chi connectivity index (χ2v) is 9.02. The van der Waals surface area contributed by atoms with Gasteiger partial charge in [-0.1, -0.05) is 6.07 Å². The highest BCUT2D eigenvalue weighted by molar-refractivity contribution is 6.62. The molecule has 2 heterocycles. The first kappa shape index (κ1) is 24.7. The van der Waals surface area contributed by atoms with E-state index in [2.05, 4.69) is 4.74 Å². The molecule has 3 rings (SSSR count). The van der Waals surface area contributed by atoms with E-state index in [1.165, 1.54) is 6.07 Å². The van der Waals surface area contributed by atoms with Gasteiger partial charge in [0.25, 0.3) is 5.91 Å². The summed E-state index contributed by atoms with van der Waals surface area (Å²) < 4.78 is 94.1. The maximum atomic E-state index is 13.1. The Morgan fingerprint density at radius 3 is 2.22 bits per heavy atom. The van der Waals surface area contributed by atoms with E-state index in [1.807, 2.05) is 0 Å². The zero-order valence-electron chi connectivity index (χ0n) is 18.1. The maximum absolute atomic E-state index is 13.1. The minimum atomic E-state index is -5.11. The molecule has 2 fully saturated rings. The number of halogens is 6. The molecule has 2 aliphatic heterocycles. The minimum Gasteiger partial charge on any atom is -0.405 e. The monoisotopic (exact) mass is 467 g/mol. The van der Waals surface area contributed by atoms with Crippen molar-refractivity contribution in [2.75, 3.05) is 13.1 Å². The second-order valence-electron chi connectivity index (χ2n) is 9.02. The van der Waals surface area contributed by atoms with Crippen molar-refractivity contribution in [2.24, 2.45) is 5.92 Å². The van der Waals surface area contributed by atoms with Crippen molar-refractivity contribution in [3.05, 3.63) is 23.8 Å². The van der Waals surface area contributed by atoms with Crippen molar-refractivity contribution in [3.8, 4) is 5.75 Å². The van der Waals surface area contributed by atoms with Crippen LogP contribution in [0.2, 0.25) is 0 Å². The summed E-state index contributed by atoms with van der Waals surface area (Å²) in [5, 5.41) is 0. The van der Waals surface area contributed by atoms with Crippen LogP contribution in [0, 0.1) is 5.92 Å². The predicted molar refractivity (Wildman–Crippen MR) is 104 cm³/mol. The van der Waals surface area contributed by atoms with E-state index >= 15 is 0 Å². The third-order valence-electron chi connectivity index (χ3n) is 6.16. The Balaban J connectivity index is 1.91. The Labute approximate surface area is 182 Å². The molecule has 1 amide bonds. The van der Waals surface area contributed by atoms with Gasteiger partial charge in [0.05, 0.1) is 22.7 Å². The van der Waals surface area contributed by atoms with Crippen LogP contribution in [-0.4, -0.2) is 54.8 Å². The van der Waals surface area contributed by atoms with Gasteiger partial charge in [-0.2, -0.15) is 13.2 Å². The van der Waals surface area contributed by atoms with Crippen molar-refractivity contribution in [1.29, 1.82) is 0 Å². The number of amides is 1. The summed E-state index contributed by atoms with van der Waals surface area (Å²) in [5.74, 6) is -3.50. The van der Waals surface area contributed by atoms with Crippen molar-refractivity contribution in [2.45, 2.75) is 64.3 Å². The minimum absolute atomic E-state index is 0.00977. The maximum Gasteiger partial charge on any atom is 0.573 e. The fourth-order valence-electron chi connectivity index (χ4n) is 3.65. The Hall–Kier alpha value is -1.95. The summed E-state index contributed by atoms with van der Waals surface area (Å²) in [4.78, 5) is 13.8. The molecule has 1 unspecified atom stereocenters. The van der Waals surface area contributed by atoms with Crippen molar-refractivity contribution in [1.82, 2.24) is 4.90 Å². The lowest BCUT2D eigenvalue weighted by Gasteiger charge is -2.34. The standard InChI is InChI=1S/C20H24BF6NO4/c1-17(2)18(3,4)32-21(31-17)13-7-8-14(15(10-13)30-20(25,26)27)16(29)28-9-5-6-12(11-28)19(22,23)24/h7-8,10,12H,5-6,9,11H2,1-4H3. The van der Waals surface area contributed by atoms with Crippen LogP contribution in [0.15, 0.2) is 18.2 Å². The molecule has 0 saturated carbocycles. The van der Waals surface area contributed by atoms with Gasteiger partial charge in [-0.3, -0.25) is 4.79 Å². The number of carbonyl (C=O) groups excluding carboxylic acids is 1. The molecule has 0 spiro atoms. The van der Waals surface area contributed by atoms with Gasteiger partial charge >= 0.3 is 19.7 Å². The topological polar surface area (TPSA) is 48.0 Å². The zero-order chi connectivity index (χ0) is 24.1. The molecule has 5 nitrogen and oxygen atoms in total. The van der Waals surface area contributed by atoms with Gasteiger partial charge in [-0.15, -0.1) is 13.2 Å². The largest absolute Gasteiger partial charge is 0.573 e. The third kappa shape index (κ3) is 5.16. The van der Waals surface area contributed by atoms with E-state index < -0.39 is 60.5 Å². The summed E-state index contributed by atoms with van der Waals surface area (Å²) in [6.07, 6.45) is -9.65. The van der Waals surface area contributed by atoms with Crippen LogP contribution in [0.5, 0.6) is 5.75 Å². The first-order valence-electron chi connectivity index (χ1n) is 10.1. The molecule has 0 N–H and O–H groups in total. The van der Waals surface area contributed by atoms with E-state index in [4.69, 9.17) is 9.31 Å². The molecule has 0 bridgehead atoms. The van der Waals surface area contributed by atoms with Crippen LogP contribution in [0.25, 0.3) is 0 Å². The van der Waals surface area contributed by atoms with E-state index in [9.17, 15) is 31.1 Å². The van der Waals surface area contributed by atoms with Crippen LogP contribution in [-0.2, 0) is 9.31 Å². The lowest BCUT2D eigenvalue weighted by atomic mass is 9.78. The van der Waals surface area contributed by atoms with E-state index in [0.29, 0.717) is 0 Å². The highest BCUT2D eigenvalue weighted by Crippen LogP contribution is 2.38. The molecule has 1 atom stereocenters. The molecule has 0 aromatic heterocycles. The van der Waals surface area contributed by atoms with Crippen molar-refractivity contribution in [3.63, 3.8) is 0 Å². The summed E-state index contributed by atoms with van der Waals surface area (Å²) in [6, 6.07) is 3.43.